The lowest BCUT2D eigenvalue weighted by Gasteiger charge is -2.23. The summed E-state index contributed by atoms with van der Waals surface area (Å²) in [6, 6.07) is 7.02. The van der Waals surface area contributed by atoms with Gasteiger partial charge in [-0.25, -0.2) is 4.79 Å². The van der Waals surface area contributed by atoms with E-state index in [2.05, 4.69) is 16.7 Å². The number of benzene rings is 1. The van der Waals surface area contributed by atoms with E-state index in [0.29, 0.717) is 31.9 Å². The Labute approximate surface area is 124 Å². The van der Waals surface area contributed by atoms with E-state index in [1.54, 1.807) is 18.2 Å². The molecule has 0 aromatic heterocycles. The second-order valence-corrected chi connectivity index (χ2v) is 4.74. The first-order chi connectivity index (χ1) is 10.2. The topological polar surface area (TPSA) is 83.4 Å². The average Bonchev–Trinajstić information content (AvgIpc) is 2.54. The summed E-state index contributed by atoms with van der Waals surface area (Å²) >= 11 is 0. The van der Waals surface area contributed by atoms with Gasteiger partial charge in [-0.15, -0.1) is 0 Å². The highest BCUT2D eigenvalue weighted by Crippen LogP contribution is 2.17. The van der Waals surface area contributed by atoms with Crippen molar-refractivity contribution in [3.63, 3.8) is 0 Å². The Morgan fingerprint density at radius 2 is 2.33 bits per heavy atom. The van der Waals surface area contributed by atoms with Gasteiger partial charge in [-0.05, 0) is 30.2 Å². The molecule has 1 atom stereocenters. The number of hydrogen-bond acceptors (Lipinski definition) is 4. The first-order valence-corrected chi connectivity index (χ1v) is 7.00. The van der Waals surface area contributed by atoms with Crippen molar-refractivity contribution < 1.29 is 14.3 Å². The minimum atomic E-state index is -0.288. The van der Waals surface area contributed by atoms with Gasteiger partial charge in [0.05, 0.1) is 37.6 Å². The molecule has 1 saturated heterocycles. The Morgan fingerprint density at radius 3 is 3.00 bits per heavy atom. The molecule has 2 N–H and O–H groups in total. The van der Waals surface area contributed by atoms with Gasteiger partial charge in [-0.2, -0.15) is 5.26 Å². The second kappa shape index (κ2) is 7.62. The molecular weight excluding hydrogens is 270 g/mol. The summed E-state index contributed by atoms with van der Waals surface area (Å²) in [4.78, 5) is 11.9. The van der Waals surface area contributed by atoms with Crippen molar-refractivity contribution >= 4 is 11.7 Å². The van der Waals surface area contributed by atoms with Crippen LogP contribution >= 0.6 is 0 Å². The van der Waals surface area contributed by atoms with Crippen LogP contribution in [0.4, 0.5) is 10.5 Å². The molecule has 1 aliphatic heterocycles. The summed E-state index contributed by atoms with van der Waals surface area (Å²) in [7, 11) is 0. The quantitative estimate of drug-likeness (QED) is 0.883. The molecule has 0 bridgehead atoms. The normalized spacial score (nSPS) is 17.8. The Balaban J connectivity index is 1.88. The van der Waals surface area contributed by atoms with Crippen LogP contribution in [0.1, 0.15) is 18.1 Å². The number of anilines is 1. The van der Waals surface area contributed by atoms with Gasteiger partial charge >= 0.3 is 6.03 Å². The number of nitrogens with one attached hydrogen (secondary N) is 2. The standard InChI is InChI=1S/C15H19N3O3/c1-2-12-7-11(8-16)3-4-14(12)18-15(19)17-9-13-10-20-5-6-21-13/h3-4,7,13H,2,5-6,9-10H2,1H3,(H2,17,18,19). The number of nitrogens with zero attached hydrogens (tertiary/aromatic N) is 1. The summed E-state index contributed by atoms with van der Waals surface area (Å²) in [6.45, 7) is 4.05. The zero-order valence-electron chi connectivity index (χ0n) is 12.0. The summed E-state index contributed by atoms with van der Waals surface area (Å²) < 4.78 is 10.7. The third-order valence-electron chi connectivity index (χ3n) is 3.24. The largest absolute Gasteiger partial charge is 0.376 e. The Kier molecular flexibility index (Phi) is 5.55. The molecule has 2 amide bonds. The van der Waals surface area contributed by atoms with Gasteiger partial charge < -0.3 is 20.1 Å². The Hall–Kier alpha value is -2.10. The molecule has 2 rings (SSSR count). The van der Waals surface area contributed by atoms with Crippen molar-refractivity contribution in [2.45, 2.75) is 19.4 Å². The van der Waals surface area contributed by atoms with E-state index in [1.165, 1.54) is 0 Å². The maximum absolute atomic E-state index is 11.9. The van der Waals surface area contributed by atoms with Crippen molar-refractivity contribution in [1.29, 1.82) is 5.26 Å². The highest BCUT2D eigenvalue weighted by atomic mass is 16.6. The van der Waals surface area contributed by atoms with E-state index in [0.717, 1.165) is 17.7 Å². The summed E-state index contributed by atoms with van der Waals surface area (Å²) in [5.41, 5.74) is 2.24. The van der Waals surface area contributed by atoms with Crippen molar-refractivity contribution in [1.82, 2.24) is 5.32 Å². The number of urea groups is 1. The lowest BCUT2D eigenvalue weighted by atomic mass is 10.1. The number of ether oxygens (including phenoxy) is 2. The number of rotatable bonds is 4. The number of carbonyl (C=O) groups excluding carboxylic acids is 1. The van der Waals surface area contributed by atoms with Gasteiger partial charge in [0.1, 0.15) is 0 Å². The van der Waals surface area contributed by atoms with E-state index in [1.807, 2.05) is 6.92 Å². The fourth-order valence-electron chi connectivity index (χ4n) is 2.11. The molecule has 112 valence electrons. The molecular formula is C15H19N3O3. The number of amides is 2. The first-order valence-electron chi connectivity index (χ1n) is 7.00. The van der Waals surface area contributed by atoms with Crippen LogP contribution < -0.4 is 10.6 Å². The summed E-state index contributed by atoms with van der Waals surface area (Å²) in [5.74, 6) is 0. The fourth-order valence-corrected chi connectivity index (χ4v) is 2.11. The molecule has 1 unspecified atom stereocenters. The van der Waals surface area contributed by atoms with Crippen molar-refractivity contribution in [2.75, 3.05) is 31.7 Å². The first kappa shape index (κ1) is 15.3. The second-order valence-electron chi connectivity index (χ2n) is 4.74. The monoisotopic (exact) mass is 289 g/mol. The van der Waals surface area contributed by atoms with Gasteiger partial charge in [0.25, 0.3) is 0 Å². The van der Waals surface area contributed by atoms with Gasteiger partial charge in [-0.1, -0.05) is 6.92 Å². The van der Waals surface area contributed by atoms with Gasteiger partial charge in [0.2, 0.25) is 0 Å². The molecule has 0 aliphatic carbocycles. The number of nitriles is 1. The van der Waals surface area contributed by atoms with E-state index >= 15 is 0 Å². The van der Waals surface area contributed by atoms with Crippen LogP contribution in [0.25, 0.3) is 0 Å². The minimum absolute atomic E-state index is 0.101. The third-order valence-corrected chi connectivity index (χ3v) is 3.24. The van der Waals surface area contributed by atoms with Crippen LogP contribution in [-0.2, 0) is 15.9 Å². The molecule has 1 aromatic rings. The van der Waals surface area contributed by atoms with Gasteiger partial charge in [-0.3, -0.25) is 0 Å². The van der Waals surface area contributed by atoms with Crippen LogP contribution in [-0.4, -0.2) is 38.5 Å². The highest BCUT2D eigenvalue weighted by Gasteiger charge is 2.15. The van der Waals surface area contributed by atoms with Crippen molar-refractivity contribution in [2.24, 2.45) is 0 Å². The molecule has 0 saturated carbocycles. The predicted molar refractivity (Wildman–Crippen MR) is 78.1 cm³/mol. The van der Waals surface area contributed by atoms with Crippen LogP contribution in [0, 0.1) is 11.3 Å². The lowest BCUT2D eigenvalue weighted by molar-refractivity contribution is -0.0852. The van der Waals surface area contributed by atoms with Gasteiger partial charge in [0, 0.05) is 12.2 Å². The average molecular weight is 289 g/mol. The maximum atomic E-state index is 11.9. The Morgan fingerprint density at radius 1 is 1.48 bits per heavy atom. The molecule has 0 spiro atoms. The number of carbonyl (C=O) groups is 1. The van der Waals surface area contributed by atoms with Gasteiger partial charge in [0.15, 0.2) is 0 Å². The molecule has 6 heteroatoms. The maximum Gasteiger partial charge on any atom is 0.319 e. The van der Waals surface area contributed by atoms with Crippen LogP contribution in [0.2, 0.25) is 0 Å². The smallest absolute Gasteiger partial charge is 0.319 e. The number of hydrogen-bond donors (Lipinski definition) is 2. The van der Waals surface area contributed by atoms with Crippen LogP contribution in [0.3, 0.4) is 0 Å². The lowest BCUT2D eigenvalue weighted by Crippen LogP contribution is -2.41. The predicted octanol–water partition coefficient (Wildman–Crippen LogP) is 1.66. The van der Waals surface area contributed by atoms with Crippen LogP contribution in [0.15, 0.2) is 18.2 Å². The van der Waals surface area contributed by atoms with Crippen molar-refractivity contribution in [3.05, 3.63) is 29.3 Å². The fraction of sp³-hybridized carbons (Fsp3) is 0.467. The zero-order chi connectivity index (χ0) is 15.1. The molecule has 1 aliphatic rings. The van der Waals surface area contributed by atoms with Crippen molar-refractivity contribution in [3.8, 4) is 6.07 Å². The molecule has 6 nitrogen and oxygen atoms in total. The van der Waals surface area contributed by atoms with E-state index in [4.69, 9.17) is 14.7 Å². The third kappa shape index (κ3) is 4.45. The number of aryl methyl sites for hydroxylation is 1. The minimum Gasteiger partial charge on any atom is -0.376 e. The van der Waals surface area contributed by atoms with E-state index in [9.17, 15) is 4.79 Å². The summed E-state index contributed by atoms with van der Waals surface area (Å²) in [6.07, 6.45) is 0.640. The Bertz CT molecular complexity index is 533. The van der Waals surface area contributed by atoms with Crippen LogP contribution in [0.5, 0.6) is 0 Å². The molecule has 1 fully saturated rings. The summed E-state index contributed by atoms with van der Waals surface area (Å²) in [5, 5.41) is 14.4. The molecule has 0 radical (unpaired) electrons. The van der Waals surface area contributed by atoms with E-state index < -0.39 is 0 Å². The molecule has 21 heavy (non-hydrogen) atoms. The zero-order valence-corrected chi connectivity index (χ0v) is 12.0. The van der Waals surface area contributed by atoms with E-state index in [-0.39, 0.29) is 12.1 Å². The highest BCUT2D eigenvalue weighted by molar-refractivity contribution is 5.90. The molecule has 1 heterocycles. The SMILES string of the molecule is CCc1cc(C#N)ccc1NC(=O)NCC1COCCO1. The molecule has 1 aromatic carbocycles.